The Kier molecular flexibility index (Phi) is 4.67. The number of nitrogens with zero attached hydrogens (tertiary/aromatic N) is 7. The summed E-state index contributed by atoms with van der Waals surface area (Å²) in [5, 5.41) is 9.95. The van der Waals surface area contributed by atoms with Crippen molar-refractivity contribution in [2.24, 2.45) is 0 Å². The fraction of sp³-hybridized carbons (Fsp3) is 0.529. The van der Waals surface area contributed by atoms with Gasteiger partial charge in [-0.25, -0.2) is 16.5 Å². The van der Waals surface area contributed by atoms with Crippen LogP contribution in [0.1, 0.15) is 12.8 Å². The minimum Gasteiger partial charge on any atom is -0.353 e. The van der Waals surface area contributed by atoms with E-state index in [-0.39, 0.29) is 19.6 Å². The van der Waals surface area contributed by atoms with Crippen molar-refractivity contribution in [2.75, 3.05) is 44.2 Å². The lowest BCUT2D eigenvalue weighted by Crippen LogP contribution is -2.60. The summed E-state index contributed by atoms with van der Waals surface area (Å²) in [6.07, 6.45) is 4.87. The molecule has 0 atom stereocenters. The summed E-state index contributed by atoms with van der Waals surface area (Å²) in [5.41, 5.74) is 0.278. The molecule has 0 unspecified atom stereocenters. The van der Waals surface area contributed by atoms with Crippen molar-refractivity contribution in [3.05, 3.63) is 30.0 Å². The SMILES string of the molecule is [C-]#[N+]CCN(CC#N)S(=O)(=O)N1CCN(c2ncnc3[nH]ccc23)CC12CC2. The first kappa shape index (κ1) is 18.6. The van der Waals surface area contributed by atoms with E-state index in [1.807, 2.05) is 18.3 Å². The summed E-state index contributed by atoms with van der Waals surface area (Å²) in [5.74, 6) is 0.802. The van der Waals surface area contributed by atoms with Crippen molar-refractivity contribution in [3.63, 3.8) is 0 Å². The van der Waals surface area contributed by atoms with Crippen LogP contribution in [0.4, 0.5) is 5.82 Å². The number of fused-ring (bicyclic) bond motifs is 1. The van der Waals surface area contributed by atoms with Gasteiger partial charge in [0.1, 0.15) is 24.3 Å². The first-order chi connectivity index (χ1) is 13.5. The molecule has 3 heterocycles. The largest absolute Gasteiger partial charge is 0.353 e. The number of H-pyrrole nitrogens is 1. The second-order valence-corrected chi connectivity index (χ2v) is 8.89. The zero-order valence-corrected chi connectivity index (χ0v) is 16.1. The van der Waals surface area contributed by atoms with Gasteiger partial charge in [-0.05, 0) is 18.9 Å². The number of hydrogen-bond acceptors (Lipinski definition) is 6. The smallest absolute Gasteiger partial charge is 0.283 e. The normalized spacial score (nSPS) is 19.0. The summed E-state index contributed by atoms with van der Waals surface area (Å²) >= 11 is 0. The predicted octanol–water partition coefficient (Wildman–Crippen LogP) is 0.602. The maximum Gasteiger partial charge on any atom is 0.283 e. The zero-order valence-electron chi connectivity index (χ0n) is 15.2. The highest BCUT2D eigenvalue weighted by Crippen LogP contribution is 2.47. The molecule has 1 aliphatic carbocycles. The zero-order chi connectivity index (χ0) is 19.8. The number of aromatic amines is 1. The summed E-state index contributed by atoms with van der Waals surface area (Å²) in [4.78, 5) is 17.1. The van der Waals surface area contributed by atoms with Gasteiger partial charge in [-0.1, -0.05) is 0 Å². The van der Waals surface area contributed by atoms with Crippen LogP contribution >= 0.6 is 0 Å². The second-order valence-electron chi connectivity index (χ2n) is 7.04. The van der Waals surface area contributed by atoms with E-state index in [2.05, 4.69) is 24.7 Å². The lowest BCUT2D eigenvalue weighted by molar-refractivity contribution is 0.249. The van der Waals surface area contributed by atoms with Gasteiger partial charge in [-0.15, -0.1) is 0 Å². The molecule has 11 heteroatoms. The highest BCUT2D eigenvalue weighted by atomic mass is 32.2. The predicted molar refractivity (Wildman–Crippen MR) is 102 cm³/mol. The Balaban J connectivity index is 1.59. The van der Waals surface area contributed by atoms with Crippen molar-refractivity contribution >= 4 is 27.1 Å². The van der Waals surface area contributed by atoms with Crippen molar-refractivity contribution in [1.29, 1.82) is 5.26 Å². The van der Waals surface area contributed by atoms with Gasteiger partial charge in [0.25, 0.3) is 10.2 Å². The second kappa shape index (κ2) is 7.02. The van der Waals surface area contributed by atoms with Gasteiger partial charge >= 0.3 is 0 Å². The van der Waals surface area contributed by atoms with Crippen LogP contribution in [0.5, 0.6) is 0 Å². The van der Waals surface area contributed by atoms with Crippen molar-refractivity contribution in [2.45, 2.75) is 18.4 Å². The van der Waals surface area contributed by atoms with E-state index in [1.165, 1.54) is 10.6 Å². The molecule has 1 saturated heterocycles. The molecule has 28 heavy (non-hydrogen) atoms. The molecule has 0 aromatic carbocycles. The van der Waals surface area contributed by atoms with Gasteiger partial charge in [0.2, 0.25) is 6.54 Å². The Hall–Kier alpha value is -2.73. The van der Waals surface area contributed by atoms with E-state index >= 15 is 0 Å². The Morgan fingerprint density at radius 3 is 2.93 bits per heavy atom. The van der Waals surface area contributed by atoms with Crippen LogP contribution in [0, 0.1) is 17.9 Å². The molecule has 0 radical (unpaired) electrons. The maximum atomic E-state index is 13.2. The molecule has 1 spiro atoms. The highest BCUT2D eigenvalue weighted by Gasteiger charge is 2.57. The minimum absolute atomic E-state index is 0.0333. The fourth-order valence-corrected chi connectivity index (χ4v) is 5.68. The third-order valence-electron chi connectivity index (χ3n) is 5.36. The van der Waals surface area contributed by atoms with Gasteiger partial charge in [-0.3, -0.25) is 0 Å². The Bertz CT molecular complexity index is 1060. The number of anilines is 1. The van der Waals surface area contributed by atoms with E-state index < -0.39 is 15.7 Å². The van der Waals surface area contributed by atoms with Crippen LogP contribution in [0.3, 0.4) is 0 Å². The Labute approximate surface area is 163 Å². The number of piperazine rings is 1. The molecule has 0 bridgehead atoms. The van der Waals surface area contributed by atoms with E-state index in [0.29, 0.717) is 19.6 Å². The molecule has 2 aromatic heterocycles. The molecule has 2 aromatic rings. The number of nitrogens with one attached hydrogen (secondary N) is 1. The van der Waals surface area contributed by atoms with Gasteiger partial charge in [0.15, 0.2) is 0 Å². The van der Waals surface area contributed by atoms with Crippen molar-refractivity contribution < 1.29 is 8.42 Å². The molecule has 1 aliphatic heterocycles. The lowest BCUT2D eigenvalue weighted by Gasteiger charge is -2.43. The quantitative estimate of drug-likeness (QED) is 0.561. The van der Waals surface area contributed by atoms with Gasteiger partial charge in [0.05, 0.1) is 23.5 Å². The van der Waals surface area contributed by atoms with Gasteiger partial charge in [0, 0.05) is 25.8 Å². The number of hydrogen-bond donors (Lipinski definition) is 1. The van der Waals surface area contributed by atoms with Gasteiger partial charge < -0.3 is 14.7 Å². The van der Waals surface area contributed by atoms with Crippen LogP contribution in [-0.2, 0) is 10.2 Å². The van der Waals surface area contributed by atoms with E-state index in [9.17, 15) is 8.42 Å². The summed E-state index contributed by atoms with van der Waals surface area (Å²) in [6, 6.07) is 3.83. The first-order valence-electron chi connectivity index (χ1n) is 9.03. The summed E-state index contributed by atoms with van der Waals surface area (Å²) < 4.78 is 29.1. The minimum atomic E-state index is -3.81. The van der Waals surface area contributed by atoms with Crippen LogP contribution in [-0.4, -0.2) is 76.8 Å². The van der Waals surface area contributed by atoms with Crippen LogP contribution in [0.25, 0.3) is 15.9 Å². The average molecular weight is 400 g/mol. The number of aromatic nitrogens is 3. The lowest BCUT2D eigenvalue weighted by atomic mass is 10.2. The molecule has 1 saturated carbocycles. The van der Waals surface area contributed by atoms with E-state index in [4.69, 9.17) is 11.8 Å². The van der Waals surface area contributed by atoms with Crippen molar-refractivity contribution in [1.82, 2.24) is 23.6 Å². The highest BCUT2D eigenvalue weighted by molar-refractivity contribution is 7.86. The molecule has 2 fully saturated rings. The average Bonchev–Trinajstić information content (AvgIpc) is 3.26. The van der Waals surface area contributed by atoms with E-state index in [0.717, 1.165) is 34.0 Å². The molecule has 10 nitrogen and oxygen atoms in total. The molecule has 1 N–H and O–H groups in total. The molecular formula is C17H20N8O2S. The monoisotopic (exact) mass is 400 g/mol. The third-order valence-corrected chi connectivity index (χ3v) is 7.45. The fourth-order valence-electron chi connectivity index (χ4n) is 3.82. The molecular weight excluding hydrogens is 380 g/mol. The standard InChI is InChI=1S/C17H20N8O2S/c1-19-7-9-24(8-5-18)28(26,27)25-11-10-23(12-17(25)3-4-17)16-14-2-6-20-15(14)21-13-22-16/h2,6,13H,3-4,7-12H2,(H,20,21,22). The van der Waals surface area contributed by atoms with Crippen molar-refractivity contribution in [3.8, 4) is 6.07 Å². The summed E-state index contributed by atoms with van der Waals surface area (Å²) in [7, 11) is -3.81. The first-order valence-corrected chi connectivity index (χ1v) is 10.4. The topological polar surface area (TPSA) is 114 Å². The van der Waals surface area contributed by atoms with Crippen LogP contribution in [0.15, 0.2) is 18.6 Å². The molecule has 0 amide bonds. The molecule has 2 aliphatic rings. The van der Waals surface area contributed by atoms with Crippen LogP contribution < -0.4 is 4.90 Å². The van der Waals surface area contributed by atoms with Crippen LogP contribution in [0.2, 0.25) is 0 Å². The number of nitriles is 1. The maximum absolute atomic E-state index is 13.2. The van der Waals surface area contributed by atoms with Gasteiger partial charge in [-0.2, -0.15) is 22.3 Å². The molecule has 4 rings (SSSR count). The molecule has 146 valence electrons. The Morgan fingerprint density at radius 2 is 2.21 bits per heavy atom. The summed E-state index contributed by atoms with van der Waals surface area (Å²) in [6.45, 7) is 8.12. The number of rotatable bonds is 6. The van der Waals surface area contributed by atoms with E-state index in [1.54, 1.807) is 0 Å². The Morgan fingerprint density at radius 1 is 1.39 bits per heavy atom. The third kappa shape index (κ3) is 3.07.